The average Bonchev–Trinajstić information content (AvgIpc) is 2.47. The first kappa shape index (κ1) is 12.7. The van der Waals surface area contributed by atoms with E-state index < -0.39 is 0 Å². The normalized spacial score (nSPS) is 10.8. The van der Waals surface area contributed by atoms with E-state index in [2.05, 4.69) is 73.7 Å². The molecule has 0 amide bonds. The molecule has 0 heteroatoms. The van der Waals surface area contributed by atoms with Gasteiger partial charge in [-0.2, -0.15) is 0 Å². The Morgan fingerprint density at radius 1 is 0.500 bits per heavy atom. The van der Waals surface area contributed by atoms with Gasteiger partial charge < -0.3 is 0 Å². The molecule has 0 fully saturated rings. The molecule has 0 bridgehead atoms. The molecule has 0 spiro atoms. The monoisotopic (exact) mass is 258 g/mol. The number of rotatable bonds is 0. The fraction of sp³-hybridized carbons (Fsp3) is 0.100. The summed E-state index contributed by atoms with van der Waals surface area (Å²) in [7, 11) is 0. The second-order valence-electron chi connectivity index (χ2n) is 5.09. The van der Waals surface area contributed by atoms with Crippen LogP contribution >= 0.6 is 0 Å². The van der Waals surface area contributed by atoms with Crippen molar-refractivity contribution in [2.45, 2.75) is 14.4 Å². The summed E-state index contributed by atoms with van der Waals surface area (Å²) in [5.74, 6) is 0. The van der Waals surface area contributed by atoms with Crippen LogP contribution in [0.3, 0.4) is 0 Å². The zero-order chi connectivity index (χ0) is 12.8. The lowest BCUT2D eigenvalue weighted by Gasteiger charge is -2.11. The van der Waals surface area contributed by atoms with Crippen LogP contribution in [0.25, 0.3) is 32.3 Å². The Bertz CT molecular complexity index is 872. The van der Waals surface area contributed by atoms with Gasteiger partial charge in [0.25, 0.3) is 0 Å². The second kappa shape index (κ2) is 4.64. The molecule has 0 nitrogen and oxygen atoms in total. The molecule has 0 aliphatic rings. The first-order valence-electron chi connectivity index (χ1n) is 6.65. The molecule has 0 aliphatic heterocycles. The van der Waals surface area contributed by atoms with Crippen molar-refractivity contribution in [2.24, 2.45) is 0 Å². The van der Waals surface area contributed by atoms with Gasteiger partial charge in [-0.25, -0.2) is 0 Å². The van der Waals surface area contributed by atoms with E-state index in [1.165, 1.54) is 37.9 Å². The molecule has 4 rings (SSSR count). The highest BCUT2D eigenvalue weighted by Crippen LogP contribution is 2.36. The molecule has 0 N–H and O–H groups in total. The van der Waals surface area contributed by atoms with E-state index >= 15 is 0 Å². The van der Waals surface area contributed by atoms with Crippen LogP contribution in [-0.4, -0.2) is 0 Å². The molecule has 0 heterocycles. The molecule has 0 unspecified atom stereocenters. The third-order valence-corrected chi connectivity index (χ3v) is 3.98. The Balaban J connectivity index is 0.00000121. The van der Waals surface area contributed by atoms with E-state index in [0.717, 1.165) is 0 Å². The zero-order valence-corrected chi connectivity index (χ0v) is 10.9. The summed E-state index contributed by atoms with van der Waals surface area (Å²) in [5, 5.41) is 8.14. The van der Waals surface area contributed by atoms with Crippen molar-refractivity contribution in [3.63, 3.8) is 0 Å². The predicted octanol–water partition coefficient (Wildman–Crippen LogP) is 6.09. The van der Waals surface area contributed by atoms with Crippen molar-refractivity contribution in [2.75, 3.05) is 0 Å². The lowest BCUT2D eigenvalue weighted by molar-refractivity contribution is 1.55. The maximum atomic E-state index is 2.23. The first-order chi connectivity index (χ1) is 9.36. The number of hydrogen-bond donors (Lipinski definition) is 0. The van der Waals surface area contributed by atoms with Crippen LogP contribution in [0.15, 0.2) is 66.7 Å². The fourth-order valence-corrected chi connectivity index (χ4v) is 3.14. The van der Waals surface area contributed by atoms with Crippen molar-refractivity contribution < 1.29 is 0 Å². The van der Waals surface area contributed by atoms with E-state index in [-0.39, 0.29) is 7.43 Å². The van der Waals surface area contributed by atoms with Crippen molar-refractivity contribution in [3.05, 3.63) is 72.3 Å². The minimum absolute atomic E-state index is 0. The summed E-state index contributed by atoms with van der Waals surface area (Å²) in [4.78, 5) is 0. The molecular weight excluding hydrogens is 240 g/mol. The van der Waals surface area contributed by atoms with Gasteiger partial charge in [0.05, 0.1) is 0 Å². The van der Waals surface area contributed by atoms with Crippen molar-refractivity contribution in [3.8, 4) is 0 Å². The highest BCUT2D eigenvalue weighted by atomic mass is 14.1. The Labute approximate surface area is 119 Å². The molecule has 0 radical (unpaired) electrons. The third kappa shape index (κ3) is 1.61. The van der Waals surface area contributed by atoms with Gasteiger partial charge in [0.15, 0.2) is 0 Å². The minimum atomic E-state index is 0. The van der Waals surface area contributed by atoms with Gasteiger partial charge in [0.1, 0.15) is 0 Å². The summed E-state index contributed by atoms with van der Waals surface area (Å²) in [6, 6.07) is 24.0. The van der Waals surface area contributed by atoms with Crippen molar-refractivity contribution >= 4 is 32.3 Å². The smallest absolute Gasteiger partial charge is 0.00697 e. The highest BCUT2D eigenvalue weighted by Gasteiger charge is 2.08. The van der Waals surface area contributed by atoms with E-state index in [4.69, 9.17) is 0 Å². The molecule has 4 aromatic rings. The minimum Gasteiger partial charge on any atom is -0.0776 e. The summed E-state index contributed by atoms with van der Waals surface area (Å²) >= 11 is 0. The largest absolute Gasteiger partial charge is 0.0776 e. The predicted molar refractivity (Wildman–Crippen MR) is 90.4 cm³/mol. The number of hydrogen-bond acceptors (Lipinski definition) is 0. The third-order valence-electron chi connectivity index (χ3n) is 3.98. The first-order valence-corrected chi connectivity index (χ1v) is 6.65. The average molecular weight is 258 g/mol. The molecule has 4 aromatic carbocycles. The van der Waals surface area contributed by atoms with Crippen LogP contribution in [0.2, 0.25) is 0 Å². The molecule has 0 aromatic heterocycles. The van der Waals surface area contributed by atoms with Gasteiger partial charge in [-0.15, -0.1) is 0 Å². The molecule has 20 heavy (non-hydrogen) atoms. The molecule has 0 saturated carbocycles. The van der Waals surface area contributed by atoms with Gasteiger partial charge in [-0.05, 0) is 44.8 Å². The van der Waals surface area contributed by atoms with E-state index in [0.29, 0.717) is 0 Å². The Morgan fingerprint density at radius 2 is 0.900 bits per heavy atom. The van der Waals surface area contributed by atoms with Gasteiger partial charge >= 0.3 is 0 Å². The lowest BCUT2D eigenvalue weighted by atomic mass is 9.92. The number of benzene rings is 4. The van der Waals surface area contributed by atoms with Crippen molar-refractivity contribution in [1.82, 2.24) is 0 Å². The lowest BCUT2D eigenvalue weighted by Crippen LogP contribution is -1.85. The summed E-state index contributed by atoms with van der Waals surface area (Å²) in [6.45, 7) is 2.20. The van der Waals surface area contributed by atoms with Crippen molar-refractivity contribution in [1.29, 1.82) is 0 Å². The van der Waals surface area contributed by atoms with Crippen LogP contribution in [-0.2, 0) is 0 Å². The van der Waals surface area contributed by atoms with Gasteiger partial charge in [0, 0.05) is 0 Å². The molecular formula is C20H18. The van der Waals surface area contributed by atoms with E-state index in [9.17, 15) is 0 Å². The summed E-state index contributed by atoms with van der Waals surface area (Å²) in [5.41, 5.74) is 1.35. The quantitative estimate of drug-likeness (QED) is 0.335. The molecule has 98 valence electrons. The fourth-order valence-electron chi connectivity index (χ4n) is 3.14. The SMILES string of the molecule is C.Cc1cccc2c3ccccc3c3ccccc3c12. The van der Waals surface area contributed by atoms with Crippen LogP contribution in [0, 0.1) is 6.92 Å². The van der Waals surface area contributed by atoms with Crippen LogP contribution < -0.4 is 0 Å². The maximum absolute atomic E-state index is 2.23. The molecule has 0 saturated heterocycles. The van der Waals surface area contributed by atoms with Gasteiger partial charge in [0.2, 0.25) is 0 Å². The Kier molecular flexibility index (Phi) is 2.94. The van der Waals surface area contributed by atoms with Crippen LogP contribution in [0.1, 0.15) is 13.0 Å². The zero-order valence-electron chi connectivity index (χ0n) is 10.9. The van der Waals surface area contributed by atoms with Gasteiger partial charge in [-0.3, -0.25) is 0 Å². The number of fused-ring (bicyclic) bond motifs is 6. The van der Waals surface area contributed by atoms with E-state index in [1.807, 2.05) is 0 Å². The Morgan fingerprint density at radius 3 is 1.45 bits per heavy atom. The highest BCUT2D eigenvalue weighted by molar-refractivity contribution is 6.25. The molecule has 0 aliphatic carbocycles. The Hall–Kier alpha value is -2.34. The summed E-state index contributed by atoms with van der Waals surface area (Å²) in [6.07, 6.45) is 0. The number of aryl methyl sites for hydroxylation is 1. The van der Waals surface area contributed by atoms with Gasteiger partial charge in [-0.1, -0.05) is 74.2 Å². The van der Waals surface area contributed by atoms with E-state index in [1.54, 1.807) is 0 Å². The van der Waals surface area contributed by atoms with Crippen LogP contribution in [0.5, 0.6) is 0 Å². The molecule has 0 atom stereocenters. The standard InChI is InChI=1S/C19H14.CH4/c1-13-7-6-12-18-16-9-3-2-8-14(16)15-10-4-5-11-17(15)19(13)18;/h2-12H,1H3;1H4. The maximum Gasteiger partial charge on any atom is -0.00697 e. The van der Waals surface area contributed by atoms with Crippen LogP contribution in [0.4, 0.5) is 0 Å². The summed E-state index contributed by atoms with van der Waals surface area (Å²) < 4.78 is 0. The topological polar surface area (TPSA) is 0 Å². The second-order valence-corrected chi connectivity index (χ2v) is 5.09.